The number of methoxy groups -OCH3 is 1. The molecule has 2 saturated heterocycles. The van der Waals surface area contributed by atoms with Crippen LogP contribution < -0.4 is 15.1 Å². The van der Waals surface area contributed by atoms with Gasteiger partial charge in [0.15, 0.2) is 5.60 Å². The lowest BCUT2D eigenvalue weighted by molar-refractivity contribution is -0.146. The third-order valence-corrected chi connectivity index (χ3v) is 10.5. The highest BCUT2D eigenvalue weighted by Crippen LogP contribution is 2.60. The van der Waals surface area contributed by atoms with Gasteiger partial charge in [0.1, 0.15) is 0 Å². The van der Waals surface area contributed by atoms with Crippen molar-refractivity contribution in [2.75, 3.05) is 49.7 Å². The fourth-order valence-electron chi connectivity index (χ4n) is 6.34. The largest absolute Gasteiger partial charge is 0.469 e. The van der Waals surface area contributed by atoms with E-state index in [9.17, 15) is 19.5 Å². The van der Waals surface area contributed by atoms with Crippen LogP contribution in [0, 0.1) is 5.92 Å². The number of nitrogens with one attached hydrogen (secondary N) is 1. The molecule has 3 aliphatic heterocycles. The molecule has 3 heterocycles. The van der Waals surface area contributed by atoms with Gasteiger partial charge in [-0.15, -0.1) is 0 Å². The van der Waals surface area contributed by atoms with E-state index in [1.54, 1.807) is 22.9 Å². The van der Waals surface area contributed by atoms with Crippen molar-refractivity contribution in [3.05, 3.63) is 23.8 Å². The third kappa shape index (κ3) is 4.94. The first-order valence-electron chi connectivity index (χ1n) is 13.1. The number of fused-ring (bicyclic) bond motifs is 2. The van der Waals surface area contributed by atoms with Gasteiger partial charge in [0.25, 0.3) is 5.91 Å². The number of aliphatic hydroxyl groups is 1. The molecule has 1 aromatic carbocycles. The van der Waals surface area contributed by atoms with E-state index in [4.69, 9.17) is 9.47 Å². The Morgan fingerprint density at radius 1 is 1.32 bits per heavy atom. The lowest BCUT2D eigenvalue weighted by Gasteiger charge is -2.32. The molecule has 0 aliphatic carbocycles. The molecule has 0 bridgehead atoms. The Hall–Kier alpha value is -2.34. The zero-order chi connectivity index (χ0) is 27.0. The highest BCUT2D eigenvalue weighted by Gasteiger charge is 2.66. The molecule has 37 heavy (non-hydrogen) atoms. The number of unbranched alkanes of at least 4 members (excludes halogenated alkanes) is 1. The van der Waals surface area contributed by atoms with Crippen molar-refractivity contribution in [3.8, 4) is 0 Å². The minimum Gasteiger partial charge on any atom is -0.469 e. The fraction of sp³-hybridized carbons (Fsp3) is 0.654. The van der Waals surface area contributed by atoms with Crippen LogP contribution in [0.5, 0.6) is 0 Å². The third-order valence-electron chi connectivity index (χ3n) is 8.00. The molecule has 204 valence electrons. The Morgan fingerprint density at radius 2 is 2.08 bits per heavy atom. The second-order valence-corrected chi connectivity index (χ2v) is 14.5. The van der Waals surface area contributed by atoms with Gasteiger partial charge in [0.2, 0.25) is 14.3 Å². The number of anilines is 2. The average molecular weight is 536 g/mol. The van der Waals surface area contributed by atoms with Crippen molar-refractivity contribution >= 4 is 37.6 Å². The second kappa shape index (κ2) is 10.8. The first-order chi connectivity index (χ1) is 17.6. The smallest absolute Gasteiger partial charge is 0.305 e. The molecule has 3 aliphatic rings. The zero-order valence-corrected chi connectivity index (χ0v) is 23.1. The monoisotopic (exact) mass is 535 g/mol. The molecule has 0 unspecified atom stereocenters. The molecule has 11 heteroatoms. The van der Waals surface area contributed by atoms with Gasteiger partial charge in [0.05, 0.1) is 25.4 Å². The number of amides is 2. The summed E-state index contributed by atoms with van der Waals surface area (Å²) in [6.07, 6.45) is 1.05. The van der Waals surface area contributed by atoms with E-state index < -0.39 is 31.6 Å². The highest BCUT2D eigenvalue weighted by atomic mass is 28.4. The molecular weight excluding hydrogens is 497 g/mol. The Morgan fingerprint density at radius 3 is 2.73 bits per heavy atom. The first-order valence-corrected chi connectivity index (χ1v) is 16.0. The predicted molar refractivity (Wildman–Crippen MR) is 140 cm³/mol. The highest BCUT2D eigenvalue weighted by molar-refractivity contribution is 6.72. The summed E-state index contributed by atoms with van der Waals surface area (Å²) in [5.41, 5.74) is 0.124. The number of hydrogen-bond acceptors (Lipinski definition) is 7. The number of aliphatic hydroxyl groups excluding tert-OH is 1. The van der Waals surface area contributed by atoms with E-state index in [0.29, 0.717) is 49.4 Å². The summed E-state index contributed by atoms with van der Waals surface area (Å²) >= 11 is 0. The maximum absolute atomic E-state index is 15.7. The van der Waals surface area contributed by atoms with Crippen LogP contribution in [0.4, 0.5) is 15.5 Å². The van der Waals surface area contributed by atoms with Crippen molar-refractivity contribution in [3.63, 3.8) is 0 Å². The predicted octanol–water partition coefficient (Wildman–Crippen LogP) is 2.47. The number of carbonyl (C=O) groups excluding carboxylic acids is 3. The van der Waals surface area contributed by atoms with Gasteiger partial charge in [-0.05, 0) is 50.6 Å². The van der Waals surface area contributed by atoms with Gasteiger partial charge in [-0.2, -0.15) is 0 Å². The summed E-state index contributed by atoms with van der Waals surface area (Å²) in [5.74, 6) is -1.07. The molecule has 2 amide bonds. The van der Waals surface area contributed by atoms with E-state index in [-0.39, 0.29) is 43.8 Å². The van der Waals surface area contributed by atoms with Gasteiger partial charge < -0.3 is 33.8 Å². The maximum Gasteiger partial charge on any atom is 0.305 e. The summed E-state index contributed by atoms with van der Waals surface area (Å²) in [5, 5.41) is 12.8. The van der Waals surface area contributed by atoms with E-state index in [0.717, 1.165) is 0 Å². The van der Waals surface area contributed by atoms with Gasteiger partial charge in [-0.3, -0.25) is 14.4 Å². The topological polar surface area (TPSA) is 108 Å². The van der Waals surface area contributed by atoms with E-state index in [1.165, 1.54) is 7.11 Å². The summed E-state index contributed by atoms with van der Waals surface area (Å²) < 4.78 is 27.0. The van der Waals surface area contributed by atoms with E-state index >= 15 is 4.11 Å². The Kier molecular flexibility index (Phi) is 8.08. The molecule has 1 aromatic rings. The lowest BCUT2D eigenvalue weighted by atomic mass is 9.82. The minimum atomic E-state index is -3.29. The average Bonchev–Trinajstić information content (AvgIpc) is 3.28. The van der Waals surface area contributed by atoms with Crippen molar-refractivity contribution in [1.29, 1.82) is 0 Å². The van der Waals surface area contributed by atoms with Crippen LogP contribution in [-0.2, 0) is 29.5 Å². The summed E-state index contributed by atoms with van der Waals surface area (Å²) in [4.78, 5) is 41.8. The van der Waals surface area contributed by atoms with Gasteiger partial charge in [0, 0.05) is 55.4 Å². The quantitative estimate of drug-likeness (QED) is 0.216. The van der Waals surface area contributed by atoms with Crippen LogP contribution in [-0.4, -0.2) is 77.3 Å². The van der Waals surface area contributed by atoms with E-state index in [2.05, 4.69) is 5.32 Å². The van der Waals surface area contributed by atoms with Crippen LogP contribution in [0.15, 0.2) is 18.2 Å². The number of halogens is 1. The minimum absolute atomic E-state index is 0.0574. The van der Waals surface area contributed by atoms with Gasteiger partial charge in [-0.25, -0.2) is 0 Å². The summed E-state index contributed by atoms with van der Waals surface area (Å²) in [6, 6.07) is 5.54. The summed E-state index contributed by atoms with van der Waals surface area (Å²) in [6.45, 7) is 6.74. The number of rotatable bonds is 9. The number of ether oxygens (including phenoxy) is 2. The van der Waals surface area contributed by atoms with Crippen LogP contribution in [0.1, 0.15) is 38.2 Å². The van der Waals surface area contributed by atoms with Crippen molar-refractivity contribution in [1.82, 2.24) is 5.32 Å². The second-order valence-electron chi connectivity index (χ2n) is 10.7. The Bertz CT molecular complexity index is 1050. The molecule has 0 saturated carbocycles. The van der Waals surface area contributed by atoms with Crippen LogP contribution in [0.2, 0.25) is 18.6 Å². The van der Waals surface area contributed by atoms with Crippen LogP contribution >= 0.6 is 0 Å². The van der Waals surface area contributed by atoms with E-state index in [1.807, 2.05) is 25.1 Å². The number of carbonyl (C=O) groups is 3. The molecule has 1 spiro atoms. The summed E-state index contributed by atoms with van der Waals surface area (Å²) in [7, 11) is -1.94. The number of esters is 1. The molecule has 2 fully saturated rings. The zero-order valence-electron chi connectivity index (χ0n) is 22.1. The van der Waals surface area contributed by atoms with Crippen molar-refractivity contribution in [2.45, 2.75) is 62.9 Å². The standard InChI is InChI=1S/C26H38FN3O6Si/c1-17-24(37(3,4)27)21(10-14-31)36-26(17)19-15-18(29-13-11-28-16-22(29)32)8-9-20(19)30(25(26)34)12-6-5-7-23(33)35-2/h8-9,15,17,21,24,28,31H,5-7,10-14,16H2,1-4H3/t17-,21+,24-,26+/m0/s1. The molecule has 0 aromatic heterocycles. The van der Waals surface area contributed by atoms with Crippen molar-refractivity contribution < 1.29 is 33.1 Å². The lowest BCUT2D eigenvalue weighted by Crippen LogP contribution is -2.48. The normalized spacial score (nSPS) is 27.8. The fourth-order valence-corrected chi connectivity index (χ4v) is 8.89. The van der Waals surface area contributed by atoms with Crippen LogP contribution in [0.25, 0.3) is 0 Å². The Labute approximate surface area is 218 Å². The van der Waals surface area contributed by atoms with Crippen LogP contribution in [0.3, 0.4) is 0 Å². The molecule has 4 atom stereocenters. The maximum atomic E-state index is 15.7. The van der Waals surface area contributed by atoms with Crippen molar-refractivity contribution in [2.24, 2.45) is 5.92 Å². The molecule has 2 N–H and O–H groups in total. The molecule has 0 radical (unpaired) electrons. The van der Waals surface area contributed by atoms with Gasteiger partial charge >= 0.3 is 5.97 Å². The van der Waals surface area contributed by atoms with Gasteiger partial charge in [-0.1, -0.05) is 6.92 Å². The SMILES string of the molecule is COC(=O)CCCCN1C(=O)[C@]2(O[C@H](CCO)[C@@H]([Si](C)(C)F)[C@@H]2C)c2cc(N3CCNCC3=O)ccc21. The molecule has 9 nitrogen and oxygen atoms in total. The number of nitrogens with zero attached hydrogens (tertiary/aromatic N) is 2. The Balaban J connectivity index is 1.75. The molecular formula is C26H38FN3O6Si. The number of benzene rings is 1. The number of piperazine rings is 1. The number of hydrogen-bond donors (Lipinski definition) is 2. The molecule has 4 rings (SSSR count). The first kappa shape index (κ1) is 27.7.